The maximum Gasteiger partial charge on any atom is 0.226 e. The van der Waals surface area contributed by atoms with Gasteiger partial charge in [-0.05, 0) is 30.0 Å². The highest BCUT2D eigenvalue weighted by atomic mass is 32.1. The predicted octanol–water partition coefficient (Wildman–Crippen LogP) is 2.95. The molecule has 18 heavy (non-hydrogen) atoms. The molecule has 0 aromatic carbocycles. The topological polar surface area (TPSA) is 42.0 Å². The van der Waals surface area contributed by atoms with Crippen LogP contribution in [0.3, 0.4) is 0 Å². The lowest BCUT2D eigenvalue weighted by Crippen LogP contribution is -2.29. The van der Waals surface area contributed by atoms with Gasteiger partial charge in [0.15, 0.2) is 0 Å². The minimum atomic E-state index is 0.0222. The van der Waals surface area contributed by atoms with Crippen molar-refractivity contribution in [2.24, 2.45) is 0 Å². The number of pyridine rings is 1. The number of hydrogen-bond acceptors (Lipinski definition) is 3. The summed E-state index contributed by atoms with van der Waals surface area (Å²) in [6.45, 7) is 2.07. The maximum absolute atomic E-state index is 11.9. The Morgan fingerprint density at radius 3 is 2.89 bits per heavy atom. The molecule has 0 bridgehead atoms. The third-order valence-corrected chi connectivity index (χ3v) is 3.68. The first kappa shape index (κ1) is 12.8. The molecule has 0 saturated carbocycles. The summed E-state index contributed by atoms with van der Waals surface area (Å²) in [5.41, 5.74) is 0.802. The van der Waals surface area contributed by atoms with Crippen molar-refractivity contribution in [3.63, 3.8) is 0 Å². The normalized spacial score (nSPS) is 12.1. The molecule has 2 heterocycles. The molecule has 3 nitrogen and oxygen atoms in total. The first-order valence-electron chi connectivity index (χ1n) is 6.02. The Hall–Kier alpha value is -1.68. The fourth-order valence-corrected chi connectivity index (χ4v) is 2.64. The zero-order chi connectivity index (χ0) is 12.8. The van der Waals surface area contributed by atoms with Gasteiger partial charge in [0.25, 0.3) is 0 Å². The molecule has 1 N–H and O–H groups in total. The van der Waals surface area contributed by atoms with Crippen molar-refractivity contribution in [1.82, 2.24) is 10.3 Å². The Balaban J connectivity index is 1.94. The van der Waals surface area contributed by atoms with Crippen LogP contribution in [0, 0.1) is 0 Å². The molecule has 0 aliphatic rings. The molecule has 0 aliphatic heterocycles. The van der Waals surface area contributed by atoms with Gasteiger partial charge in [-0.15, -0.1) is 11.3 Å². The molecule has 2 rings (SSSR count). The SMILES string of the molecule is CC[C@H](NC(=O)Cc1ccccn1)c1cccs1. The van der Waals surface area contributed by atoms with E-state index in [0.717, 1.165) is 12.1 Å². The van der Waals surface area contributed by atoms with E-state index in [2.05, 4.69) is 23.3 Å². The Bertz CT molecular complexity index is 482. The fourth-order valence-electron chi connectivity index (χ4n) is 1.78. The lowest BCUT2D eigenvalue weighted by Gasteiger charge is -2.15. The quantitative estimate of drug-likeness (QED) is 0.898. The number of nitrogens with zero attached hydrogens (tertiary/aromatic N) is 1. The van der Waals surface area contributed by atoms with Gasteiger partial charge in [-0.2, -0.15) is 0 Å². The van der Waals surface area contributed by atoms with Crippen LogP contribution in [0.4, 0.5) is 0 Å². The van der Waals surface area contributed by atoms with Crippen molar-refractivity contribution >= 4 is 17.2 Å². The number of nitrogens with one attached hydrogen (secondary N) is 1. The molecule has 0 aliphatic carbocycles. The molecule has 0 saturated heterocycles. The summed E-state index contributed by atoms with van der Waals surface area (Å²) in [7, 11) is 0. The zero-order valence-corrected chi connectivity index (χ0v) is 11.1. The van der Waals surface area contributed by atoms with Crippen LogP contribution in [0.15, 0.2) is 41.9 Å². The number of rotatable bonds is 5. The van der Waals surface area contributed by atoms with Crippen LogP contribution in [0.25, 0.3) is 0 Å². The van der Waals surface area contributed by atoms with E-state index >= 15 is 0 Å². The van der Waals surface area contributed by atoms with Crippen molar-refractivity contribution in [3.8, 4) is 0 Å². The summed E-state index contributed by atoms with van der Waals surface area (Å²) >= 11 is 1.67. The summed E-state index contributed by atoms with van der Waals surface area (Å²) in [6, 6.07) is 9.79. The highest BCUT2D eigenvalue weighted by molar-refractivity contribution is 7.10. The zero-order valence-electron chi connectivity index (χ0n) is 10.3. The van der Waals surface area contributed by atoms with Crippen LogP contribution in [-0.4, -0.2) is 10.9 Å². The summed E-state index contributed by atoms with van der Waals surface area (Å²) < 4.78 is 0. The van der Waals surface area contributed by atoms with Gasteiger partial charge in [0.2, 0.25) is 5.91 Å². The molecular weight excluding hydrogens is 244 g/mol. The van der Waals surface area contributed by atoms with Gasteiger partial charge in [-0.3, -0.25) is 9.78 Å². The molecule has 2 aromatic rings. The van der Waals surface area contributed by atoms with Crippen molar-refractivity contribution in [2.45, 2.75) is 25.8 Å². The summed E-state index contributed by atoms with van der Waals surface area (Å²) in [6.07, 6.45) is 2.94. The van der Waals surface area contributed by atoms with Crippen molar-refractivity contribution in [2.75, 3.05) is 0 Å². The van der Waals surface area contributed by atoms with Gasteiger partial charge >= 0.3 is 0 Å². The highest BCUT2D eigenvalue weighted by Crippen LogP contribution is 2.21. The average Bonchev–Trinajstić information content (AvgIpc) is 2.91. The number of amides is 1. The van der Waals surface area contributed by atoms with Gasteiger partial charge in [-0.25, -0.2) is 0 Å². The summed E-state index contributed by atoms with van der Waals surface area (Å²) in [4.78, 5) is 17.3. The smallest absolute Gasteiger partial charge is 0.226 e. The van der Waals surface area contributed by atoms with E-state index in [-0.39, 0.29) is 11.9 Å². The number of thiophene rings is 1. The fraction of sp³-hybridized carbons (Fsp3) is 0.286. The van der Waals surface area contributed by atoms with E-state index in [1.54, 1.807) is 17.5 Å². The van der Waals surface area contributed by atoms with Gasteiger partial charge in [0, 0.05) is 16.8 Å². The molecule has 4 heteroatoms. The van der Waals surface area contributed by atoms with Crippen LogP contribution in [0.5, 0.6) is 0 Å². The third-order valence-electron chi connectivity index (χ3n) is 2.70. The van der Waals surface area contributed by atoms with E-state index in [1.807, 2.05) is 29.6 Å². The van der Waals surface area contributed by atoms with Crippen LogP contribution in [0.1, 0.15) is 30.0 Å². The second kappa shape index (κ2) is 6.31. The van der Waals surface area contributed by atoms with Gasteiger partial charge in [-0.1, -0.05) is 19.1 Å². The minimum Gasteiger partial charge on any atom is -0.348 e. The largest absolute Gasteiger partial charge is 0.348 e. The molecule has 0 radical (unpaired) electrons. The molecule has 2 aromatic heterocycles. The first-order valence-corrected chi connectivity index (χ1v) is 6.90. The standard InChI is InChI=1S/C14H16N2OS/c1-2-12(13-7-5-9-18-13)16-14(17)10-11-6-3-4-8-15-11/h3-9,12H,2,10H2,1H3,(H,16,17)/t12-/m0/s1. The Morgan fingerprint density at radius 1 is 1.39 bits per heavy atom. The lowest BCUT2D eigenvalue weighted by atomic mass is 10.1. The Kier molecular flexibility index (Phi) is 4.47. The number of carbonyl (C=O) groups is 1. The third kappa shape index (κ3) is 3.40. The molecular formula is C14H16N2OS. The van der Waals surface area contributed by atoms with Crippen LogP contribution >= 0.6 is 11.3 Å². The van der Waals surface area contributed by atoms with Gasteiger partial charge in [0.1, 0.15) is 0 Å². The van der Waals surface area contributed by atoms with Crippen molar-refractivity contribution < 1.29 is 4.79 Å². The predicted molar refractivity (Wildman–Crippen MR) is 73.4 cm³/mol. The molecule has 0 fully saturated rings. The van der Waals surface area contributed by atoms with E-state index in [0.29, 0.717) is 6.42 Å². The Morgan fingerprint density at radius 2 is 2.28 bits per heavy atom. The van der Waals surface area contributed by atoms with Crippen LogP contribution in [0.2, 0.25) is 0 Å². The van der Waals surface area contributed by atoms with E-state index in [4.69, 9.17) is 0 Å². The molecule has 1 atom stereocenters. The molecule has 94 valence electrons. The van der Waals surface area contributed by atoms with Gasteiger partial charge < -0.3 is 5.32 Å². The Labute approximate surface area is 111 Å². The van der Waals surface area contributed by atoms with Crippen LogP contribution < -0.4 is 5.32 Å². The molecule has 0 unspecified atom stereocenters. The molecule has 0 spiro atoms. The van der Waals surface area contributed by atoms with Crippen molar-refractivity contribution in [3.05, 3.63) is 52.5 Å². The second-order valence-corrected chi connectivity index (χ2v) is 5.02. The monoisotopic (exact) mass is 260 g/mol. The van der Waals surface area contributed by atoms with Gasteiger partial charge in [0.05, 0.1) is 12.5 Å². The van der Waals surface area contributed by atoms with E-state index in [1.165, 1.54) is 4.88 Å². The van der Waals surface area contributed by atoms with Crippen LogP contribution in [-0.2, 0) is 11.2 Å². The maximum atomic E-state index is 11.9. The van der Waals surface area contributed by atoms with Crippen molar-refractivity contribution in [1.29, 1.82) is 0 Å². The molecule has 1 amide bonds. The average molecular weight is 260 g/mol. The second-order valence-electron chi connectivity index (χ2n) is 4.04. The number of aromatic nitrogens is 1. The van der Waals surface area contributed by atoms with E-state index < -0.39 is 0 Å². The summed E-state index contributed by atoms with van der Waals surface area (Å²) in [5, 5.41) is 5.08. The number of hydrogen-bond donors (Lipinski definition) is 1. The lowest BCUT2D eigenvalue weighted by molar-refractivity contribution is -0.121. The van der Waals surface area contributed by atoms with E-state index in [9.17, 15) is 4.79 Å². The first-order chi connectivity index (χ1) is 8.79. The summed E-state index contributed by atoms with van der Waals surface area (Å²) in [5.74, 6) is 0.0222. The number of carbonyl (C=O) groups excluding carboxylic acids is 1. The minimum absolute atomic E-state index is 0.0222. The highest BCUT2D eigenvalue weighted by Gasteiger charge is 2.13.